The first kappa shape index (κ1) is 15.0. The van der Waals surface area contributed by atoms with Gasteiger partial charge in [0.1, 0.15) is 17.1 Å². The average molecular weight is 325 g/mol. The number of phenols is 1. The molecule has 3 aromatic carbocycles. The van der Waals surface area contributed by atoms with Gasteiger partial charge in [-0.2, -0.15) is 0 Å². The van der Waals surface area contributed by atoms with E-state index in [0.29, 0.717) is 17.0 Å². The minimum absolute atomic E-state index is 0.187. The van der Waals surface area contributed by atoms with E-state index in [1.165, 1.54) is 0 Å². The number of aromatic hydroxyl groups is 1. The lowest BCUT2D eigenvalue weighted by molar-refractivity contribution is 0.477. The summed E-state index contributed by atoms with van der Waals surface area (Å²) >= 11 is 0. The van der Waals surface area contributed by atoms with E-state index in [1.54, 1.807) is 12.1 Å². The minimum Gasteiger partial charge on any atom is -0.507 e. The summed E-state index contributed by atoms with van der Waals surface area (Å²) in [4.78, 5) is 0. The van der Waals surface area contributed by atoms with Gasteiger partial charge in [-0.25, -0.2) is 0 Å². The zero-order valence-electron chi connectivity index (χ0n) is 13.4. The maximum absolute atomic E-state index is 10.4. The molecule has 0 saturated heterocycles. The molecule has 0 amide bonds. The molecule has 120 valence electrons. The van der Waals surface area contributed by atoms with Gasteiger partial charge in [-0.3, -0.25) is 0 Å². The first-order valence-corrected chi connectivity index (χ1v) is 7.97. The molecule has 0 unspecified atom stereocenters. The second-order valence-corrected chi connectivity index (χ2v) is 5.61. The highest BCUT2D eigenvalue weighted by atomic mass is 16.3. The van der Waals surface area contributed by atoms with E-state index in [9.17, 15) is 5.11 Å². The minimum atomic E-state index is 0.187. The van der Waals surface area contributed by atoms with E-state index in [4.69, 9.17) is 0 Å². The zero-order chi connectivity index (χ0) is 17.1. The van der Waals surface area contributed by atoms with E-state index in [2.05, 4.69) is 15.4 Å². The Morgan fingerprint density at radius 3 is 1.56 bits per heavy atom. The molecule has 4 aromatic rings. The van der Waals surface area contributed by atoms with Crippen LogP contribution in [0, 0.1) is 0 Å². The summed E-state index contributed by atoms with van der Waals surface area (Å²) < 4.78 is 0. The van der Waals surface area contributed by atoms with Crippen molar-refractivity contribution in [2.24, 2.45) is 0 Å². The molecule has 1 heterocycles. The van der Waals surface area contributed by atoms with Crippen molar-refractivity contribution in [2.45, 2.75) is 0 Å². The van der Waals surface area contributed by atoms with Gasteiger partial charge in [0.15, 0.2) is 0 Å². The van der Waals surface area contributed by atoms with Crippen LogP contribution in [0.5, 0.6) is 5.75 Å². The highest BCUT2D eigenvalue weighted by Crippen LogP contribution is 2.40. The fourth-order valence-electron chi connectivity index (χ4n) is 2.86. The normalized spacial score (nSPS) is 10.6. The van der Waals surface area contributed by atoms with Gasteiger partial charge in [0, 0.05) is 22.3 Å². The molecule has 0 aliphatic heterocycles. The number of nitrogens with zero attached hydrogens (tertiary/aromatic N) is 3. The molecule has 4 heteroatoms. The van der Waals surface area contributed by atoms with Crippen LogP contribution in [0.4, 0.5) is 0 Å². The molecule has 0 aliphatic rings. The number of aromatic nitrogens is 3. The molecule has 0 fully saturated rings. The van der Waals surface area contributed by atoms with Crippen molar-refractivity contribution in [2.75, 3.05) is 0 Å². The van der Waals surface area contributed by atoms with Crippen LogP contribution in [0.25, 0.3) is 33.6 Å². The van der Waals surface area contributed by atoms with Crippen molar-refractivity contribution in [1.29, 1.82) is 0 Å². The molecule has 25 heavy (non-hydrogen) atoms. The monoisotopic (exact) mass is 325 g/mol. The summed E-state index contributed by atoms with van der Waals surface area (Å²) in [6.45, 7) is 0. The Balaban J connectivity index is 2.06. The Morgan fingerprint density at radius 2 is 1.04 bits per heavy atom. The second kappa shape index (κ2) is 6.53. The maximum Gasteiger partial charge on any atom is 0.123 e. The molecular weight excluding hydrogens is 310 g/mol. The molecule has 0 saturated carbocycles. The van der Waals surface area contributed by atoms with E-state index >= 15 is 0 Å². The van der Waals surface area contributed by atoms with Crippen molar-refractivity contribution >= 4 is 0 Å². The Morgan fingerprint density at radius 1 is 0.560 bits per heavy atom. The first-order valence-electron chi connectivity index (χ1n) is 7.97. The average Bonchev–Trinajstić information content (AvgIpc) is 2.69. The van der Waals surface area contributed by atoms with Crippen LogP contribution >= 0.6 is 0 Å². The molecule has 1 N–H and O–H groups in total. The lowest BCUT2D eigenvalue weighted by Gasteiger charge is -2.13. The summed E-state index contributed by atoms with van der Waals surface area (Å²) in [7, 11) is 0. The lowest BCUT2D eigenvalue weighted by atomic mass is 9.94. The molecule has 0 atom stereocenters. The maximum atomic E-state index is 10.4. The standard InChI is InChI=1S/C21H15N3O/c25-18-14-8-7-13-17(18)19-20(15-9-3-1-4-10-15)22-24-23-21(19)16-11-5-2-6-12-16/h1-14,25H. The third-order valence-corrected chi connectivity index (χ3v) is 4.03. The number of benzene rings is 3. The Kier molecular flexibility index (Phi) is 3.92. The van der Waals surface area contributed by atoms with Gasteiger partial charge in [0.2, 0.25) is 0 Å². The van der Waals surface area contributed by atoms with E-state index in [1.807, 2.05) is 72.8 Å². The van der Waals surface area contributed by atoms with Crippen LogP contribution in [-0.2, 0) is 0 Å². The summed E-state index contributed by atoms with van der Waals surface area (Å²) in [6, 6.07) is 26.8. The number of para-hydroxylation sites is 1. The summed E-state index contributed by atoms with van der Waals surface area (Å²) in [5.74, 6) is 0.187. The molecule has 0 aliphatic carbocycles. The lowest BCUT2D eigenvalue weighted by Crippen LogP contribution is -2.00. The molecule has 4 rings (SSSR count). The first-order chi connectivity index (χ1) is 12.3. The molecule has 0 bridgehead atoms. The van der Waals surface area contributed by atoms with Gasteiger partial charge in [0.25, 0.3) is 0 Å². The van der Waals surface area contributed by atoms with Crippen LogP contribution in [0.2, 0.25) is 0 Å². The van der Waals surface area contributed by atoms with Gasteiger partial charge in [-0.1, -0.05) is 78.9 Å². The Hall–Kier alpha value is -3.53. The smallest absolute Gasteiger partial charge is 0.123 e. The van der Waals surface area contributed by atoms with E-state index in [0.717, 1.165) is 16.7 Å². The third-order valence-electron chi connectivity index (χ3n) is 4.03. The Bertz CT molecular complexity index is 944. The predicted molar refractivity (Wildman–Crippen MR) is 97.8 cm³/mol. The molecule has 0 spiro atoms. The van der Waals surface area contributed by atoms with Gasteiger partial charge in [0.05, 0.1) is 0 Å². The molecule has 4 nitrogen and oxygen atoms in total. The second-order valence-electron chi connectivity index (χ2n) is 5.61. The van der Waals surface area contributed by atoms with Crippen molar-refractivity contribution in [3.8, 4) is 39.4 Å². The van der Waals surface area contributed by atoms with Gasteiger partial charge < -0.3 is 5.11 Å². The zero-order valence-corrected chi connectivity index (χ0v) is 13.4. The molecular formula is C21H15N3O. The highest BCUT2D eigenvalue weighted by molar-refractivity contribution is 5.92. The topological polar surface area (TPSA) is 58.9 Å². The summed E-state index contributed by atoms with van der Waals surface area (Å²) in [6.07, 6.45) is 0. The van der Waals surface area contributed by atoms with Crippen LogP contribution in [-0.4, -0.2) is 20.5 Å². The molecule has 0 radical (unpaired) electrons. The quantitative estimate of drug-likeness (QED) is 0.599. The number of hydrogen-bond donors (Lipinski definition) is 1. The SMILES string of the molecule is Oc1ccccc1-c1c(-c2ccccc2)nnnc1-c1ccccc1. The van der Waals surface area contributed by atoms with Gasteiger partial charge >= 0.3 is 0 Å². The fraction of sp³-hybridized carbons (Fsp3) is 0. The van der Waals surface area contributed by atoms with E-state index in [-0.39, 0.29) is 5.75 Å². The van der Waals surface area contributed by atoms with Crippen LogP contribution in [0.15, 0.2) is 84.9 Å². The van der Waals surface area contributed by atoms with Crippen LogP contribution in [0.1, 0.15) is 0 Å². The fourth-order valence-corrected chi connectivity index (χ4v) is 2.86. The third kappa shape index (κ3) is 2.85. The van der Waals surface area contributed by atoms with Gasteiger partial charge in [-0.15, -0.1) is 10.2 Å². The van der Waals surface area contributed by atoms with Crippen molar-refractivity contribution < 1.29 is 5.11 Å². The molecule has 1 aromatic heterocycles. The van der Waals surface area contributed by atoms with Crippen molar-refractivity contribution in [3.63, 3.8) is 0 Å². The number of phenolic OH excluding ortho intramolecular Hbond substituents is 1. The van der Waals surface area contributed by atoms with Crippen molar-refractivity contribution in [3.05, 3.63) is 84.9 Å². The predicted octanol–water partition coefficient (Wildman–Crippen LogP) is 4.58. The van der Waals surface area contributed by atoms with Gasteiger partial charge in [-0.05, 0) is 11.3 Å². The van der Waals surface area contributed by atoms with E-state index < -0.39 is 0 Å². The summed E-state index contributed by atoms with van der Waals surface area (Å²) in [5, 5.41) is 23.0. The number of rotatable bonds is 3. The van der Waals surface area contributed by atoms with Crippen LogP contribution in [0.3, 0.4) is 0 Å². The van der Waals surface area contributed by atoms with Crippen LogP contribution < -0.4 is 0 Å². The highest BCUT2D eigenvalue weighted by Gasteiger charge is 2.19. The summed E-state index contributed by atoms with van der Waals surface area (Å²) in [5.41, 5.74) is 4.68. The number of hydrogen-bond acceptors (Lipinski definition) is 4. The largest absolute Gasteiger partial charge is 0.507 e. The van der Waals surface area contributed by atoms with Crippen molar-refractivity contribution in [1.82, 2.24) is 15.4 Å². The Labute approximate surface area is 145 Å².